The molecule has 0 spiro atoms. The van der Waals surface area contributed by atoms with Crippen LogP contribution in [0.2, 0.25) is 0 Å². The van der Waals surface area contributed by atoms with Crippen molar-refractivity contribution in [2.45, 2.75) is 12.8 Å². The lowest BCUT2D eigenvalue weighted by Gasteiger charge is -2.14. The molecule has 2 heterocycles. The molecule has 0 saturated carbocycles. The minimum absolute atomic E-state index is 0. The maximum Gasteiger partial charge on any atom is 0.261 e. The van der Waals surface area contributed by atoms with E-state index >= 15 is 0 Å². The molecule has 2 N–H and O–H groups in total. The van der Waals surface area contributed by atoms with Gasteiger partial charge in [-0.3, -0.25) is 29.0 Å². The number of nitrogens with zero attached hydrogens (tertiary/aromatic N) is 2. The number of hydrogen-bond donors (Lipinski definition) is 2. The van der Waals surface area contributed by atoms with Crippen molar-refractivity contribution in [1.82, 2.24) is 20.4 Å². The zero-order chi connectivity index (χ0) is 22.5. The van der Waals surface area contributed by atoms with Crippen LogP contribution in [0, 0.1) is 0 Å². The van der Waals surface area contributed by atoms with Gasteiger partial charge in [0.2, 0.25) is 0 Å². The first-order valence-corrected chi connectivity index (χ1v) is 10.9. The van der Waals surface area contributed by atoms with Gasteiger partial charge in [0.1, 0.15) is 0 Å². The van der Waals surface area contributed by atoms with Gasteiger partial charge in [0, 0.05) is 26.2 Å². The largest absolute Gasteiger partial charge is 0.315 e. The van der Waals surface area contributed by atoms with E-state index in [1.54, 1.807) is 48.5 Å². The third kappa shape index (κ3) is 5.64. The van der Waals surface area contributed by atoms with Crippen LogP contribution in [0.25, 0.3) is 0 Å². The predicted molar refractivity (Wildman–Crippen MR) is 133 cm³/mol. The van der Waals surface area contributed by atoms with Gasteiger partial charge in [-0.25, -0.2) is 0 Å². The van der Waals surface area contributed by atoms with Crippen LogP contribution in [0.4, 0.5) is 0 Å². The molecule has 0 aromatic heterocycles. The summed E-state index contributed by atoms with van der Waals surface area (Å²) in [5, 5.41) is 6.58. The number of carbonyl (C=O) groups excluding carboxylic acids is 4. The Bertz CT molecular complexity index is 909. The van der Waals surface area contributed by atoms with E-state index in [9.17, 15) is 19.2 Å². The van der Waals surface area contributed by atoms with E-state index in [1.165, 1.54) is 9.80 Å². The van der Waals surface area contributed by atoms with Crippen molar-refractivity contribution in [2.24, 2.45) is 0 Å². The molecule has 4 amide bonds. The van der Waals surface area contributed by atoms with E-state index in [0.29, 0.717) is 61.3 Å². The summed E-state index contributed by atoms with van der Waals surface area (Å²) in [6.45, 7) is 3.68. The fourth-order valence-corrected chi connectivity index (χ4v) is 4.04. The maximum absolute atomic E-state index is 12.3. The van der Waals surface area contributed by atoms with Crippen molar-refractivity contribution < 1.29 is 19.2 Å². The molecule has 2 aromatic rings. The molecule has 2 aliphatic heterocycles. The number of halogens is 2. The number of benzene rings is 2. The van der Waals surface area contributed by atoms with E-state index in [-0.39, 0.29) is 48.4 Å². The number of fused-ring (bicyclic) bond motifs is 2. The summed E-state index contributed by atoms with van der Waals surface area (Å²) in [4.78, 5) is 51.8. The maximum atomic E-state index is 12.3. The highest BCUT2D eigenvalue weighted by atomic mass is 35.5. The summed E-state index contributed by atoms with van der Waals surface area (Å²) in [6.07, 6.45) is 1.37. The molecule has 10 heteroatoms. The van der Waals surface area contributed by atoms with Gasteiger partial charge in [-0.1, -0.05) is 24.3 Å². The molecule has 0 bridgehead atoms. The van der Waals surface area contributed by atoms with Gasteiger partial charge in [-0.2, -0.15) is 0 Å². The van der Waals surface area contributed by atoms with E-state index in [0.717, 1.165) is 13.1 Å². The monoisotopic (exact) mass is 506 g/mol. The van der Waals surface area contributed by atoms with Crippen LogP contribution in [0.3, 0.4) is 0 Å². The number of rotatable bonds is 11. The molecule has 2 aromatic carbocycles. The van der Waals surface area contributed by atoms with Crippen molar-refractivity contribution >= 4 is 48.4 Å². The fourth-order valence-electron chi connectivity index (χ4n) is 4.04. The van der Waals surface area contributed by atoms with E-state index in [1.807, 2.05) is 0 Å². The van der Waals surface area contributed by atoms with Gasteiger partial charge in [0.05, 0.1) is 22.3 Å². The van der Waals surface area contributed by atoms with Crippen LogP contribution in [0.15, 0.2) is 48.5 Å². The van der Waals surface area contributed by atoms with Crippen molar-refractivity contribution in [2.75, 3.05) is 39.3 Å². The zero-order valence-electron chi connectivity index (χ0n) is 18.6. The lowest BCUT2D eigenvalue weighted by molar-refractivity contribution is 0.0636. The van der Waals surface area contributed by atoms with Crippen LogP contribution >= 0.6 is 24.8 Å². The molecular weight excluding hydrogens is 479 g/mol. The summed E-state index contributed by atoms with van der Waals surface area (Å²) in [6, 6.07) is 13.8. The molecule has 34 heavy (non-hydrogen) atoms. The third-order valence-electron chi connectivity index (χ3n) is 5.71. The zero-order valence-corrected chi connectivity index (χ0v) is 20.3. The van der Waals surface area contributed by atoms with Crippen LogP contribution in [-0.4, -0.2) is 72.7 Å². The molecule has 182 valence electrons. The first-order chi connectivity index (χ1) is 15.6. The van der Waals surface area contributed by atoms with E-state index in [4.69, 9.17) is 0 Å². The first kappa shape index (κ1) is 27.5. The summed E-state index contributed by atoms with van der Waals surface area (Å²) in [7, 11) is 0. The Morgan fingerprint density at radius 2 is 0.794 bits per heavy atom. The van der Waals surface area contributed by atoms with Gasteiger partial charge in [-0.05, 0) is 50.2 Å². The summed E-state index contributed by atoms with van der Waals surface area (Å²) < 4.78 is 0. The summed E-state index contributed by atoms with van der Waals surface area (Å²) in [5.41, 5.74) is 1.93. The quantitative estimate of drug-likeness (QED) is 0.358. The normalized spacial score (nSPS) is 14.1. The van der Waals surface area contributed by atoms with Gasteiger partial charge >= 0.3 is 0 Å². The van der Waals surface area contributed by atoms with E-state index in [2.05, 4.69) is 10.6 Å². The molecule has 4 rings (SSSR count). The van der Waals surface area contributed by atoms with Crippen molar-refractivity contribution in [1.29, 1.82) is 0 Å². The second kappa shape index (κ2) is 12.6. The molecule has 0 unspecified atom stereocenters. The van der Waals surface area contributed by atoms with Gasteiger partial charge in [0.25, 0.3) is 23.6 Å². The van der Waals surface area contributed by atoms with E-state index < -0.39 is 0 Å². The molecule has 0 radical (unpaired) electrons. The Morgan fingerprint density at radius 3 is 1.09 bits per heavy atom. The Hall–Kier alpha value is -2.78. The SMILES string of the molecule is Cl.Cl.O=C1c2ccccc2C(=O)N1CCCNCCNCCCN1C(=O)c2ccccc2C1=O. The number of nitrogens with one attached hydrogen (secondary N) is 2. The molecule has 0 aliphatic carbocycles. The average molecular weight is 507 g/mol. The Morgan fingerprint density at radius 1 is 0.500 bits per heavy atom. The highest BCUT2D eigenvalue weighted by Gasteiger charge is 2.35. The lowest BCUT2D eigenvalue weighted by atomic mass is 10.1. The fraction of sp³-hybridized carbons (Fsp3) is 0.333. The van der Waals surface area contributed by atoms with Crippen LogP contribution in [0.1, 0.15) is 54.3 Å². The molecule has 0 fully saturated rings. The van der Waals surface area contributed by atoms with Gasteiger partial charge < -0.3 is 10.6 Å². The minimum atomic E-state index is -0.217. The molecule has 8 nitrogen and oxygen atoms in total. The molecule has 0 atom stereocenters. The van der Waals surface area contributed by atoms with Crippen LogP contribution < -0.4 is 10.6 Å². The second-order valence-electron chi connectivity index (χ2n) is 7.82. The van der Waals surface area contributed by atoms with Crippen molar-refractivity contribution in [3.05, 3.63) is 70.8 Å². The molecular formula is C24H28Cl2N4O4. The lowest BCUT2D eigenvalue weighted by Crippen LogP contribution is -2.35. The third-order valence-corrected chi connectivity index (χ3v) is 5.71. The topological polar surface area (TPSA) is 98.8 Å². The van der Waals surface area contributed by atoms with Gasteiger partial charge in [0.15, 0.2) is 0 Å². The predicted octanol–water partition coefficient (Wildman–Crippen LogP) is 2.38. The Balaban J connectivity index is 0.00000204. The number of carbonyl (C=O) groups is 4. The number of imide groups is 2. The van der Waals surface area contributed by atoms with Crippen molar-refractivity contribution in [3.63, 3.8) is 0 Å². The summed E-state index contributed by atoms with van der Waals surface area (Å²) in [5.74, 6) is -0.869. The minimum Gasteiger partial charge on any atom is -0.315 e. The second-order valence-corrected chi connectivity index (χ2v) is 7.82. The highest BCUT2D eigenvalue weighted by molar-refractivity contribution is 6.22. The van der Waals surface area contributed by atoms with Crippen LogP contribution in [-0.2, 0) is 0 Å². The molecule has 2 aliphatic rings. The standard InChI is InChI=1S/C24H26N4O4.2ClH/c29-21-17-7-1-2-8-18(17)22(30)27(21)15-5-11-25-13-14-26-12-6-16-28-23(31)19-9-3-4-10-20(19)24(28)32;;/h1-4,7-10,25-26H,5-6,11-16H2;2*1H. The first-order valence-electron chi connectivity index (χ1n) is 10.9. The molecule has 0 saturated heterocycles. The number of amides is 4. The summed E-state index contributed by atoms with van der Waals surface area (Å²) >= 11 is 0. The smallest absolute Gasteiger partial charge is 0.261 e. The van der Waals surface area contributed by atoms with Gasteiger partial charge in [-0.15, -0.1) is 24.8 Å². The highest BCUT2D eigenvalue weighted by Crippen LogP contribution is 2.23. The number of hydrogen-bond acceptors (Lipinski definition) is 6. The Kier molecular flexibility index (Phi) is 10.2. The van der Waals surface area contributed by atoms with Crippen molar-refractivity contribution in [3.8, 4) is 0 Å². The Labute approximate surface area is 210 Å². The average Bonchev–Trinajstić information content (AvgIpc) is 3.20. The van der Waals surface area contributed by atoms with Crippen LogP contribution in [0.5, 0.6) is 0 Å².